The van der Waals surface area contributed by atoms with E-state index >= 15 is 0 Å². The lowest BCUT2D eigenvalue weighted by molar-refractivity contribution is 0.293. The summed E-state index contributed by atoms with van der Waals surface area (Å²) in [6, 6.07) is 13.4. The maximum atomic E-state index is 13.4. The van der Waals surface area contributed by atoms with Crippen molar-refractivity contribution in [1.29, 1.82) is 0 Å². The molecule has 0 bridgehead atoms. The van der Waals surface area contributed by atoms with E-state index in [9.17, 15) is 8.78 Å². The van der Waals surface area contributed by atoms with E-state index in [1.165, 1.54) is 18.2 Å². The van der Waals surface area contributed by atoms with E-state index in [-0.39, 0.29) is 17.4 Å². The SMILES string of the molecule is Fc1ccc(N2CCC(NCCOc3ccccc3F)C2)cc1. The molecule has 1 heterocycles. The Morgan fingerprint density at radius 3 is 2.65 bits per heavy atom. The monoisotopic (exact) mass is 318 g/mol. The minimum Gasteiger partial charge on any atom is -0.489 e. The average molecular weight is 318 g/mol. The predicted octanol–water partition coefficient (Wildman–Crippen LogP) is 3.21. The molecule has 1 fully saturated rings. The summed E-state index contributed by atoms with van der Waals surface area (Å²) >= 11 is 0. The Morgan fingerprint density at radius 2 is 1.87 bits per heavy atom. The third-order valence-electron chi connectivity index (χ3n) is 4.01. The number of hydrogen-bond donors (Lipinski definition) is 1. The number of halogens is 2. The van der Waals surface area contributed by atoms with Gasteiger partial charge in [0.1, 0.15) is 12.4 Å². The summed E-state index contributed by atoms with van der Waals surface area (Å²) in [5.74, 6) is -0.266. The molecule has 0 aromatic heterocycles. The largest absolute Gasteiger partial charge is 0.489 e. The first-order valence-corrected chi connectivity index (χ1v) is 7.83. The normalized spacial score (nSPS) is 17.5. The van der Waals surface area contributed by atoms with Crippen LogP contribution in [0.3, 0.4) is 0 Å². The second-order valence-corrected chi connectivity index (χ2v) is 5.64. The number of benzene rings is 2. The number of nitrogens with one attached hydrogen (secondary N) is 1. The van der Waals surface area contributed by atoms with Crippen molar-refractivity contribution in [3.05, 3.63) is 60.2 Å². The van der Waals surface area contributed by atoms with Crippen molar-refractivity contribution in [2.24, 2.45) is 0 Å². The van der Waals surface area contributed by atoms with Gasteiger partial charge in [0.2, 0.25) is 0 Å². The van der Waals surface area contributed by atoms with E-state index < -0.39 is 0 Å². The van der Waals surface area contributed by atoms with Crippen LogP contribution in [0.25, 0.3) is 0 Å². The van der Waals surface area contributed by atoms with Gasteiger partial charge in [-0.2, -0.15) is 0 Å². The molecule has 1 aliphatic rings. The molecule has 2 aromatic rings. The minimum atomic E-state index is -0.337. The molecule has 122 valence electrons. The van der Waals surface area contributed by atoms with Gasteiger partial charge in [-0.05, 0) is 42.8 Å². The molecular weight excluding hydrogens is 298 g/mol. The van der Waals surface area contributed by atoms with Crippen LogP contribution >= 0.6 is 0 Å². The first-order valence-electron chi connectivity index (χ1n) is 7.83. The second-order valence-electron chi connectivity index (χ2n) is 5.64. The molecule has 2 aromatic carbocycles. The molecule has 0 aliphatic carbocycles. The maximum Gasteiger partial charge on any atom is 0.165 e. The van der Waals surface area contributed by atoms with Crippen LogP contribution < -0.4 is 15.0 Å². The lowest BCUT2D eigenvalue weighted by Crippen LogP contribution is -2.35. The third kappa shape index (κ3) is 4.20. The highest BCUT2D eigenvalue weighted by atomic mass is 19.1. The Morgan fingerprint density at radius 1 is 1.09 bits per heavy atom. The van der Waals surface area contributed by atoms with Gasteiger partial charge in [0.25, 0.3) is 0 Å². The fourth-order valence-corrected chi connectivity index (χ4v) is 2.80. The summed E-state index contributed by atoms with van der Waals surface area (Å²) < 4.78 is 31.8. The van der Waals surface area contributed by atoms with Crippen LogP contribution in [0.1, 0.15) is 6.42 Å². The van der Waals surface area contributed by atoms with E-state index in [0.717, 1.165) is 25.2 Å². The number of para-hydroxylation sites is 1. The van der Waals surface area contributed by atoms with Crippen molar-refractivity contribution in [2.45, 2.75) is 12.5 Å². The molecule has 23 heavy (non-hydrogen) atoms. The van der Waals surface area contributed by atoms with Crippen molar-refractivity contribution < 1.29 is 13.5 Å². The molecule has 1 unspecified atom stereocenters. The van der Waals surface area contributed by atoms with Crippen molar-refractivity contribution in [1.82, 2.24) is 5.32 Å². The van der Waals surface area contributed by atoms with Crippen LogP contribution in [0, 0.1) is 11.6 Å². The molecule has 3 rings (SSSR count). The highest BCUT2D eigenvalue weighted by Gasteiger charge is 2.22. The zero-order valence-corrected chi connectivity index (χ0v) is 12.8. The summed E-state index contributed by atoms with van der Waals surface area (Å²) in [6.45, 7) is 2.91. The van der Waals surface area contributed by atoms with Crippen LogP contribution in [0.15, 0.2) is 48.5 Å². The highest BCUT2D eigenvalue weighted by molar-refractivity contribution is 5.47. The van der Waals surface area contributed by atoms with Gasteiger partial charge in [-0.1, -0.05) is 12.1 Å². The summed E-state index contributed by atoms with van der Waals surface area (Å²) in [6.07, 6.45) is 1.02. The molecule has 0 amide bonds. The fourth-order valence-electron chi connectivity index (χ4n) is 2.80. The first kappa shape index (κ1) is 15.7. The molecule has 1 saturated heterocycles. The Labute approximate surface area is 134 Å². The summed E-state index contributed by atoms with van der Waals surface area (Å²) in [4.78, 5) is 2.23. The van der Waals surface area contributed by atoms with Gasteiger partial charge in [0.15, 0.2) is 11.6 Å². The maximum absolute atomic E-state index is 13.4. The summed E-state index contributed by atoms with van der Waals surface area (Å²) in [5.41, 5.74) is 1.04. The van der Waals surface area contributed by atoms with Gasteiger partial charge in [0.05, 0.1) is 0 Å². The summed E-state index contributed by atoms with van der Waals surface area (Å²) in [7, 11) is 0. The molecule has 0 radical (unpaired) electrons. The van der Waals surface area contributed by atoms with Crippen LogP contribution in [-0.4, -0.2) is 32.3 Å². The molecule has 3 nitrogen and oxygen atoms in total. The molecule has 1 N–H and O–H groups in total. The fraction of sp³-hybridized carbons (Fsp3) is 0.333. The lowest BCUT2D eigenvalue weighted by Gasteiger charge is -2.19. The third-order valence-corrected chi connectivity index (χ3v) is 4.01. The molecule has 1 aliphatic heterocycles. The van der Waals surface area contributed by atoms with Gasteiger partial charge in [0, 0.05) is 31.4 Å². The Balaban J connectivity index is 1.40. The summed E-state index contributed by atoms with van der Waals surface area (Å²) in [5, 5.41) is 3.42. The van der Waals surface area contributed by atoms with Crippen molar-refractivity contribution in [2.75, 3.05) is 31.1 Å². The van der Waals surface area contributed by atoms with E-state index in [4.69, 9.17) is 4.74 Å². The number of nitrogens with zero attached hydrogens (tertiary/aromatic N) is 1. The Bertz CT molecular complexity index is 633. The average Bonchev–Trinajstić information content (AvgIpc) is 3.03. The molecule has 0 spiro atoms. The van der Waals surface area contributed by atoms with Crippen molar-refractivity contribution in [3.63, 3.8) is 0 Å². The van der Waals surface area contributed by atoms with E-state index in [2.05, 4.69) is 10.2 Å². The van der Waals surface area contributed by atoms with Crippen molar-refractivity contribution >= 4 is 5.69 Å². The first-order chi connectivity index (χ1) is 11.2. The number of rotatable bonds is 6. The van der Waals surface area contributed by atoms with Gasteiger partial charge in [-0.3, -0.25) is 0 Å². The number of ether oxygens (including phenoxy) is 1. The second kappa shape index (κ2) is 7.42. The molecule has 0 saturated carbocycles. The number of anilines is 1. The van der Waals surface area contributed by atoms with Gasteiger partial charge < -0.3 is 15.0 Å². The molecular formula is C18H20F2N2O. The topological polar surface area (TPSA) is 24.5 Å². The quantitative estimate of drug-likeness (QED) is 0.828. The molecule has 1 atom stereocenters. The van der Waals surface area contributed by atoms with Gasteiger partial charge >= 0.3 is 0 Å². The van der Waals surface area contributed by atoms with Crippen LogP contribution in [-0.2, 0) is 0 Å². The Kier molecular flexibility index (Phi) is 5.08. The van der Waals surface area contributed by atoms with Crippen molar-refractivity contribution in [3.8, 4) is 5.75 Å². The van der Waals surface area contributed by atoms with Crippen LogP contribution in [0.5, 0.6) is 5.75 Å². The Hall–Kier alpha value is -2.14. The van der Waals surface area contributed by atoms with Gasteiger partial charge in [-0.15, -0.1) is 0 Å². The predicted molar refractivity (Wildman–Crippen MR) is 86.9 cm³/mol. The van der Waals surface area contributed by atoms with E-state index in [1.807, 2.05) is 0 Å². The molecule has 5 heteroatoms. The zero-order valence-electron chi connectivity index (χ0n) is 12.8. The smallest absolute Gasteiger partial charge is 0.165 e. The van der Waals surface area contributed by atoms with Crippen LogP contribution in [0.2, 0.25) is 0 Å². The lowest BCUT2D eigenvalue weighted by atomic mass is 10.2. The minimum absolute atomic E-state index is 0.215. The van der Waals surface area contributed by atoms with E-state index in [0.29, 0.717) is 19.2 Å². The standard InChI is InChI=1S/C18H20F2N2O/c19-14-5-7-16(8-6-14)22-11-9-15(13-22)21-10-12-23-18-4-2-1-3-17(18)20/h1-8,15,21H,9-13H2. The highest BCUT2D eigenvalue weighted by Crippen LogP contribution is 2.20. The van der Waals surface area contributed by atoms with Gasteiger partial charge in [-0.25, -0.2) is 8.78 Å². The zero-order chi connectivity index (χ0) is 16.1. The number of hydrogen-bond acceptors (Lipinski definition) is 3. The van der Waals surface area contributed by atoms with Crippen LogP contribution in [0.4, 0.5) is 14.5 Å². The van der Waals surface area contributed by atoms with E-state index in [1.54, 1.807) is 30.3 Å².